The third kappa shape index (κ3) is 5.30. The van der Waals surface area contributed by atoms with Crippen LogP contribution in [0.1, 0.15) is 12.0 Å². The average molecular weight is 339 g/mol. The summed E-state index contributed by atoms with van der Waals surface area (Å²) in [6.45, 7) is 2.41. The molecule has 0 aliphatic carbocycles. The molecule has 1 fully saturated rings. The van der Waals surface area contributed by atoms with E-state index in [1.54, 1.807) is 4.90 Å². The van der Waals surface area contributed by atoms with Crippen LogP contribution in [0.5, 0.6) is 0 Å². The molecule has 0 saturated carbocycles. The molecule has 0 spiro atoms. The predicted octanol–water partition coefficient (Wildman–Crippen LogP) is 0.612. The van der Waals surface area contributed by atoms with Gasteiger partial charge in [0.15, 0.2) is 0 Å². The summed E-state index contributed by atoms with van der Waals surface area (Å²) in [7, 11) is 0.540. The highest BCUT2D eigenvalue weighted by molar-refractivity contribution is 7.88. The molecule has 23 heavy (non-hydrogen) atoms. The first-order chi connectivity index (χ1) is 10.9. The van der Waals surface area contributed by atoms with E-state index in [1.807, 2.05) is 49.3 Å². The first kappa shape index (κ1) is 17.9. The number of hydrogen-bond donors (Lipinski definition) is 0. The molecule has 1 aromatic carbocycles. The molecule has 1 heterocycles. The van der Waals surface area contributed by atoms with Gasteiger partial charge in [-0.2, -0.15) is 4.31 Å². The molecular weight excluding hydrogens is 314 g/mol. The van der Waals surface area contributed by atoms with E-state index >= 15 is 0 Å². The van der Waals surface area contributed by atoms with Crippen molar-refractivity contribution in [3.05, 3.63) is 35.9 Å². The van der Waals surface area contributed by atoms with E-state index in [4.69, 9.17) is 0 Å². The molecule has 2 rings (SSSR count). The molecule has 0 N–H and O–H groups in total. The Hall–Kier alpha value is -1.44. The number of carbonyl (C=O) groups excluding carboxylic acids is 1. The molecule has 7 heteroatoms. The quantitative estimate of drug-likeness (QED) is 0.762. The third-order valence-electron chi connectivity index (χ3n) is 3.95. The van der Waals surface area contributed by atoms with Crippen molar-refractivity contribution in [1.82, 2.24) is 14.1 Å². The first-order valence-corrected chi connectivity index (χ1v) is 9.43. The predicted molar refractivity (Wildman–Crippen MR) is 90.4 cm³/mol. The van der Waals surface area contributed by atoms with Crippen molar-refractivity contribution in [2.75, 3.05) is 46.8 Å². The van der Waals surface area contributed by atoms with Crippen molar-refractivity contribution < 1.29 is 13.2 Å². The second-order valence-corrected chi connectivity index (χ2v) is 8.04. The van der Waals surface area contributed by atoms with Gasteiger partial charge in [-0.3, -0.25) is 4.79 Å². The fraction of sp³-hybridized carbons (Fsp3) is 0.562. The Morgan fingerprint density at radius 2 is 1.70 bits per heavy atom. The molecule has 0 unspecified atom stereocenters. The summed E-state index contributed by atoms with van der Waals surface area (Å²) < 4.78 is 26.4. The number of carbonyl (C=O) groups is 1. The van der Waals surface area contributed by atoms with E-state index in [9.17, 15) is 13.2 Å². The summed E-state index contributed by atoms with van der Waals surface area (Å²) in [4.78, 5) is 15.8. The molecule has 0 atom stereocenters. The van der Waals surface area contributed by atoms with Crippen LogP contribution in [-0.4, -0.2) is 75.2 Å². The number of hydrogen-bond acceptors (Lipinski definition) is 4. The van der Waals surface area contributed by atoms with E-state index < -0.39 is 10.0 Å². The van der Waals surface area contributed by atoms with Crippen LogP contribution in [0.15, 0.2) is 30.3 Å². The summed E-state index contributed by atoms with van der Waals surface area (Å²) in [6.07, 6.45) is 0.476. The van der Waals surface area contributed by atoms with E-state index in [1.165, 1.54) is 4.31 Å². The lowest BCUT2D eigenvalue weighted by atomic mass is 10.2. The van der Waals surface area contributed by atoms with E-state index in [0.29, 0.717) is 39.1 Å². The lowest BCUT2D eigenvalue weighted by Gasteiger charge is -2.34. The number of amides is 1. The Labute approximate surface area is 138 Å². The summed E-state index contributed by atoms with van der Waals surface area (Å²) in [5.74, 6) is 0.112. The molecule has 1 aliphatic rings. The number of nitrogens with zero attached hydrogens (tertiary/aromatic N) is 3. The van der Waals surface area contributed by atoms with Gasteiger partial charge in [0.25, 0.3) is 0 Å². The zero-order valence-corrected chi connectivity index (χ0v) is 14.6. The number of benzene rings is 1. The van der Waals surface area contributed by atoms with Gasteiger partial charge in [0.05, 0.1) is 5.75 Å². The van der Waals surface area contributed by atoms with Gasteiger partial charge in [0.2, 0.25) is 15.9 Å². The van der Waals surface area contributed by atoms with Crippen LogP contribution in [0, 0.1) is 0 Å². The van der Waals surface area contributed by atoms with Crippen molar-refractivity contribution in [3.63, 3.8) is 0 Å². The largest absolute Gasteiger partial charge is 0.340 e. The van der Waals surface area contributed by atoms with Crippen molar-refractivity contribution >= 4 is 15.9 Å². The van der Waals surface area contributed by atoms with Gasteiger partial charge in [0, 0.05) is 39.1 Å². The highest BCUT2D eigenvalue weighted by Gasteiger charge is 2.28. The van der Waals surface area contributed by atoms with E-state index in [0.717, 1.165) is 5.56 Å². The van der Waals surface area contributed by atoms with Crippen LogP contribution in [0.25, 0.3) is 0 Å². The van der Waals surface area contributed by atoms with E-state index in [-0.39, 0.29) is 11.7 Å². The van der Waals surface area contributed by atoms with Gasteiger partial charge in [-0.15, -0.1) is 0 Å². The van der Waals surface area contributed by atoms with Gasteiger partial charge in [-0.05, 0) is 19.7 Å². The zero-order valence-electron chi connectivity index (χ0n) is 13.8. The SMILES string of the molecule is CN(C)CCC(=O)N1CCN(S(=O)(=O)Cc2ccccc2)CC1. The molecule has 1 aromatic rings. The molecule has 128 valence electrons. The maximum absolute atomic E-state index is 12.5. The Kier molecular flexibility index (Phi) is 6.15. The monoisotopic (exact) mass is 339 g/mol. The second-order valence-electron chi connectivity index (χ2n) is 6.07. The van der Waals surface area contributed by atoms with Crippen molar-refractivity contribution in [3.8, 4) is 0 Å². The molecule has 0 aromatic heterocycles. The lowest BCUT2D eigenvalue weighted by molar-refractivity contribution is -0.132. The van der Waals surface area contributed by atoms with Gasteiger partial charge in [-0.1, -0.05) is 30.3 Å². The summed E-state index contributed by atoms with van der Waals surface area (Å²) >= 11 is 0. The number of sulfonamides is 1. The molecule has 1 aliphatic heterocycles. The maximum atomic E-state index is 12.5. The fourth-order valence-corrected chi connectivity index (χ4v) is 4.09. The van der Waals surface area contributed by atoms with Gasteiger partial charge >= 0.3 is 0 Å². The normalized spacial score (nSPS) is 16.7. The Bertz CT molecular complexity index is 609. The Morgan fingerprint density at radius 1 is 1.09 bits per heavy atom. The molecular formula is C16H25N3O3S. The molecule has 1 amide bonds. The van der Waals surface area contributed by atoms with Crippen molar-refractivity contribution in [2.24, 2.45) is 0 Å². The molecule has 0 bridgehead atoms. The molecule has 1 saturated heterocycles. The van der Waals surface area contributed by atoms with Crippen LogP contribution in [0.2, 0.25) is 0 Å². The minimum Gasteiger partial charge on any atom is -0.340 e. The lowest BCUT2D eigenvalue weighted by Crippen LogP contribution is -2.51. The summed E-state index contributed by atoms with van der Waals surface area (Å²) in [5, 5.41) is 0. The Balaban J connectivity index is 1.87. The summed E-state index contributed by atoms with van der Waals surface area (Å²) in [5.41, 5.74) is 0.789. The molecule has 6 nitrogen and oxygen atoms in total. The second kappa shape index (κ2) is 7.90. The van der Waals surface area contributed by atoms with Crippen LogP contribution >= 0.6 is 0 Å². The first-order valence-electron chi connectivity index (χ1n) is 7.83. The van der Waals surface area contributed by atoms with Crippen LogP contribution in [-0.2, 0) is 20.6 Å². The molecule has 0 radical (unpaired) electrons. The fourth-order valence-electron chi connectivity index (χ4n) is 2.57. The Morgan fingerprint density at radius 3 is 2.26 bits per heavy atom. The maximum Gasteiger partial charge on any atom is 0.223 e. The number of rotatable bonds is 6. The number of piperazine rings is 1. The van der Waals surface area contributed by atoms with Crippen LogP contribution in [0.3, 0.4) is 0 Å². The standard InChI is InChI=1S/C16H25N3O3S/c1-17(2)9-8-16(20)18-10-12-19(13-11-18)23(21,22)14-15-6-4-3-5-7-15/h3-7H,8-14H2,1-2H3. The van der Waals surface area contributed by atoms with Gasteiger partial charge in [-0.25, -0.2) is 8.42 Å². The summed E-state index contributed by atoms with van der Waals surface area (Å²) in [6, 6.07) is 9.18. The topological polar surface area (TPSA) is 60.9 Å². The minimum absolute atomic E-state index is 0.0163. The van der Waals surface area contributed by atoms with Crippen LogP contribution < -0.4 is 0 Å². The third-order valence-corrected chi connectivity index (χ3v) is 5.80. The average Bonchev–Trinajstić information content (AvgIpc) is 2.53. The van der Waals surface area contributed by atoms with Gasteiger partial charge in [0.1, 0.15) is 0 Å². The highest BCUT2D eigenvalue weighted by Crippen LogP contribution is 2.14. The van der Waals surface area contributed by atoms with Gasteiger partial charge < -0.3 is 9.80 Å². The highest BCUT2D eigenvalue weighted by atomic mass is 32.2. The van der Waals surface area contributed by atoms with Crippen molar-refractivity contribution in [2.45, 2.75) is 12.2 Å². The van der Waals surface area contributed by atoms with E-state index in [2.05, 4.69) is 0 Å². The van der Waals surface area contributed by atoms with Crippen molar-refractivity contribution in [1.29, 1.82) is 0 Å². The van der Waals surface area contributed by atoms with Crippen LogP contribution in [0.4, 0.5) is 0 Å². The minimum atomic E-state index is -3.32. The smallest absolute Gasteiger partial charge is 0.223 e. The zero-order chi connectivity index (χ0) is 16.9.